The van der Waals surface area contributed by atoms with Gasteiger partial charge in [0.2, 0.25) is 0 Å². The third-order valence-corrected chi connectivity index (χ3v) is 3.21. The fourth-order valence-electron chi connectivity index (χ4n) is 1.79. The highest BCUT2D eigenvalue weighted by atomic mass is 16.3. The summed E-state index contributed by atoms with van der Waals surface area (Å²) in [5.74, 6) is 0. The van der Waals surface area contributed by atoms with E-state index in [0.29, 0.717) is 11.4 Å². The number of H-pyrrole nitrogens is 1. The summed E-state index contributed by atoms with van der Waals surface area (Å²) >= 11 is 0. The minimum atomic E-state index is -1.13. The summed E-state index contributed by atoms with van der Waals surface area (Å²) in [5.41, 5.74) is 1.13. The number of aromatic nitrogens is 3. The van der Waals surface area contributed by atoms with Gasteiger partial charge in [0, 0.05) is 12.1 Å². The van der Waals surface area contributed by atoms with Crippen LogP contribution in [0.5, 0.6) is 0 Å². The van der Waals surface area contributed by atoms with Crippen molar-refractivity contribution in [1.82, 2.24) is 20.7 Å². The molecule has 5 N–H and O–H groups in total. The molecule has 0 unspecified atom stereocenters. The molecule has 0 amide bonds. The average Bonchev–Trinajstić information content (AvgIpc) is 2.99. The number of benzene rings is 1. The van der Waals surface area contributed by atoms with Gasteiger partial charge in [-0.3, -0.25) is 5.32 Å². The predicted octanol–water partition coefficient (Wildman–Crippen LogP) is -0.723. The third kappa shape index (κ3) is 3.02. The maximum Gasteiger partial charge on any atom is 0.117 e. The number of rotatable bonds is 7. The van der Waals surface area contributed by atoms with Crippen LogP contribution in [0.3, 0.4) is 0 Å². The van der Waals surface area contributed by atoms with Crippen molar-refractivity contribution >= 4 is 0 Å². The van der Waals surface area contributed by atoms with Gasteiger partial charge in [0.25, 0.3) is 0 Å². The van der Waals surface area contributed by atoms with Gasteiger partial charge in [0.15, 0.2) is 0 Å². The largest absolute Gasteiger partial charge is 0.394 e. The molecular weight excluding hydrogens is 260 g/mol. The van der Waals surface area contributed by atoms with E-state index in [1.165, 1.54) is 0 Å². The van der Waals surface area contributed by atoms with Gasteiger partial charge in [0.1, 0.15) is 11.4 Å². The third-order valence-electron chi connectivity index (χ3n) is 3.21. The second kappa shape index (κ2) is 6.58. The second-order valence-electron chi connectivity index (χ2n) is 4.59. The van der Waals surface area contributed by atoms with Gasteiger partial charge in [-0.15, -0.1) is 0 Å². The van der Waals surface area contributed by atoms with Crippen molar-refractivity contribution in [1.29, 1.82) is 0 Å². The zero-order valence-corrected chi connectivity index (χ0v) is 11.0. The molecule has 20 heavy (non-hydrogen) atoms. The molecule has 0 bridgehead atoms. The van der Waals surface area contributed by atoms with E-state index in [1.807, 2.05) is 30.3 Å². The van der Waals surface area contributed by atoms with Crippen LogP contribution >= 0.6 is 0 Å². The summed E-state index contributed by atoms with van der Waals surface area (Å²) in [7, 11) is 0. The average molecular weight is 278 g/mol. The summed E-state index contributed by atoms with van der Waals surface area (Å²) in [6, 6.07) is 9.55. The molecule has 0 saturated heterocycles. The number of hydrogen-bond acceptors (Lipinski definition) is 6. The Bertz CT molecular complexity index is 517. The SMILES string of the molecule is OCC(CO)(CO)NCc1n[nH]nc1-c1ccccc1. The van der Waals surface area contributed by atoms with Gasteiger partial charge in [-0.05, 0) is 0 Å². The van der Waals surface area contributed by atoms with Gasteiger partial charge in [-0.1, -0.05) is 30.3 Å². The number of nitrogens with one attached hydrogen (secondary N) is 2. The van der Waals surface area contributed by atoms with Gasteiger partial charge in [-0.25, -0.2) is 0 Å². The molecule has 7 heteroatoms. The molecule has 0 saturated carbocycles. The second-order valence-corrected chi connectivity index (χ2v) is 4.59. The molecule has 1 heterocycles. The lowest BCUT2D eigenvalue weighted by molar-refractivity contribution is 0.0412. The summed E-state index contributed by atoms with van der Waals surface area (Å²) in [5, 5.41) is 41.4. The quantitative estimate of drug-likeness (QED) is 0.456. The van der Waals surface area contributed by atoms with Crippen LogP contribution in [-0.4, -0.2) is 56.1 Å². The van der Waals surface area contributed by atoms with E-state index in [1.54, 1.807) is 0 Å². The Hall–Kier alpha value is -1.80. The van der Waals surface area contributed by atoms with Crippen LogP contribution in [0.2, 0.25) is 0 Å². The number of aliphatic hydroxyl groups is 3. The van der Waals surface area contributed by atoms with Gasteiger partial charge < -0.3 is 15.3 Å². The smallest absolute Gasteiger partial charge is 0.117 e. The standard InChI is InChI=1S/C13H18N4O3/c18-7-13(8-19,9-20)14-6-11-12(16-17-15-11)10-4-2-1-3-5-10/h1-5,14,18-20H,6-9H2,(H,15,16,17). The van der Waals surface area contributed by atoms with E-state index >= 15 is 0 Å². The Labute approximate surface area is 116 Å². The normalized spacial score (nSPS) is 11.8. The van der Waals surface area contributed by atoms with Crippen LogP contribution in [0.1, 0.15) is 5.69 Å². The number of aliphatic hydroxyl groups excluding tert-OH is 3. The molecule has 0 aliphatic heterocycles. The van der Waals surface area contributed by atoms with Crippen LogP contribution in [0, 0.1) is 0 Å². The Balaban J connectivity index is 2.14. The van der Waals surface area contributed by atoms with E-state index < -0.39 is 5.54 Å². The first-order chi connectivity index (χ1) is 9.74. The van der Waals surface area contributed by atoms with Gasteiger partial charge >= 0.3 is 0 Å². The molecule has 2 rings (SSSR count). The Kier molecular flexibility index (Phi) is 4.80. The van der Waals surface area contributed by atoms with Gasteiger partial charge in [0.05, 0.1) is 25.4 Å². The van der Waals surface area contributed by atoms with Crippen LogP contribution < -0.4 is 5.32 Å². The fourth-order valence-corrected chi connectivity index (χ4v) is 1.79. The summed E-state index contributed by atoms with van der Waals surface area (Å²) in [6.07, 6.45) is 0. The van der Waals surface area contributed by atoms with Crippen molar-refractivity contribution in [2.24, 2.45) is 0 Å². The first-order valence-corrected chi connectivity index (χ1v) is 6.27. The van der Waals surface area contributed by atoms with Crippen molar-refractivity contribution in [2.45, 2.75) is 12.1 Å². The van der Waals surface area contributed by atoms with Crippen molar-refractivity contribution in [2.75, 3.05) is 19.8 Å². The van der Waals surface area contributed by atoms with Crippen LogP contribution in [0.25, 0.3) is 11.3 Å². The molecule has 0 aliphatic rings. The van der Waals surface area contributed by atoms with E-state index in [0.717, 1.165) is 5.56 Å². The van der Waals surface area contributed by atoms with Crippen molar-refractivity contribution in [3.8, 4) is 11.3 Å². The number of aromatic amines is 1. The topological polar surface area (TPSA) is 114 Å². The highest BCUT2D eigenvalue weighted by Crippen LogP contribution is 2.19. The molecular formula is C13H18N4O3. The van der Waals surface area contributed by atoms with Crippen molar-refractivity contribution < 1.29 is 15.3 Å². The fraction of sp³-hybridized carbons (Fsp3) is 0.385. The lowest BCUT2D eigenvalue weighted by Crippen LogP contribution is -2.54. The first kappa shape index (κ1) is 14.6. The zero-order chi connectivity index (χ0) is 14.4. The summed E-state index contributed by atoms with van der Waals surface area (Å²) < 4.78 is 0. The minimum Gasteiger partial charge on any atom is -0.394 e. The molecule has 0 spiro atoms. The Morgan fingerprint density at radius 2 is 1.65 bits per heavy atom. The molecule has 2 aromatic rings. The molecule has 1 aromatic heterocycles. The van der Waals surface area contributed by atoms with E-state index in [-0.39, 0.29) is 26.4 Å². The highest BCUT2D eigenvalue weighted by Gasteiger charge is 2.28. The molecule has 0 atom stereocenters. The summed E-state index contributed by atoms with van der Waals surface area (Å²) in [4.78, 5) is 0. The summed E-state index contributed by atoms with van der Waals surface area (Å²) in [6.45, 7) is -0.863. The van der Waals surface area contributed by atoms with E-state index in [2.05, 4.69) is 20.7 Å². The van der Waals surface area contributed by atoms with E-state index in [9.17, 15) is 15.3 Å². The van der Waals surface area contributed by atoms with Gasteiger partial charge in [-0.2, -0.15) is 15.4 Å². The Morgan fingerprint density at radius 3 is 2.25 bits per heavy atom. The van der Waals surface area contributed by atoms with Crippen molar-refractivity contribution in [3.05, 3.63) is 36.0 Å². The number of hydrogen-bond donors (Lipinski definition) is 5. The molecule has 0 fully saturated rings. The lowest BCUT2D eigenvalue weighted by Gasteiger charge is -2.28. The van der Waals surface area contributed by atoms with Crippen LogP contribution in [0.4, 0.5) is 0 Å². The number of nitrogens with zero attached hydrogens (tertiary/aromatic N) is 2. The minimum absolute atomic E-state index is 0.266. The maximum absolute atomic E-state index is 9.27. The lowest BCUT2D eigenvalue weighted by atomic mass is 10.0. The monoisotopic (exact) mass is 278 g/mol. The molecule has 0 aliphatic carbocycles. The van der Waals surface area contributed by atoms with E-state index in [4.69, 9.17) is 0 Å². The van der Waals surface area contributed by atoms with Crippen molar-refractivity contribution in [3.63, 3.8) is 0 Å². The van der Waals surface area contributed by atoms with Crippen LogP contribution in [0.15, 0.2) is 30.3 Å². The molecule has 7 nitrogen and oxygen atoms in total. The molecule has 0 radical (unpaired) electrons. The predicted molar refractivity (Wildman–Crippen MR) is 72.6 cm³/mol. The Morgan fingerprint density at radius 1 is 1.00 bits per heavy atom. The van der Waals surface area contributed by atoms with Crippen LogP contribution in [-0.2, 0) is 6.54 Å². The maximum atomic E-state index is 9.27. The zero-order valence-electron chi connectivity index (χ0n) is 11.0. The highest BCUT2D eigenvalue weighted by molar-refractivity contribution is 5.60. The molecule has 1 aromatic carbocycles. The first-order valence-electron chi connectivity index (χ1n) is 6.27. The molecule has 108 valence electrons.